The van der Waals surface area contributed by atoms with Crippen molar-refractivity contribution >= 4 is 15.9 Å². The van der Waals surface area contributed by atoms with Crippen LogP contribution in [0.25, 0.3) is 0 Å². The molecule has 0 saturated heterocycles. The normalized spacial score (nSPS) is 11.3. The summed E-state index contributed by atoms with van der Waals surface area (Å²) in [4.78, 5) is 12.3. The second-order valence-corrected chi connectivity index (χ2v) is 6.80. The van der Waals surface area contributed by atoms with E-state index in [2.05, 4.69) is 10.0 Å². The molecule has 0 saturated carbocycles. The molecule has 0 aliphatic heterocycles. The number of nitrogens with zero attached hydrogens (tertiary/aromatic N) is 1. The molecule has 1 amide bonds. The predicted molar refractivity (Wildman–Crippen MR) is 85.8 cm³/mol. The minimum atomic E-state index is -3.58. The zero-order valence-electron chi connectivity index (χ0n) is 13.2. The van der Waals surface area contributed by atoms with Crippen LogP contribution in [0.2, 0.25) is 0 Å². The topological polar surface area (TPSA) is 89.4 Å². The Labute approximate surface area is 135 Å². The van der Waals surface area contributed by atoms with E-state index in [-0.39, 0.29) is 16.5 Å². The smallest absolute Gasteiger partial charge is 0.268 e. The van der Waals surface area contributed by atoms with Crippen molar-refractivity contribution in [2.45, 2.75) is 11.4 Å². The second kappa shape index (κ2) is 6.84. The lowest BCUT2D eigenvalue weighted by Gasteiger charge is -2.07. The molecule has 0 aliphatic rings. The Morgan fingerprint density at radius 2 is 2.04 bits per heavy atom. The Kier molecular flexibility index (Phi) is 5.07. The third-order valence-corrected chi connectivity index (χ3v) is 4.76. The molecule has 0 atom stereocenters. The molecule has 2 N–H and O–H groups in total. The van der Waals surface area contributed by atoms with Crippen LogP contribution in [0.1, 0.15) is 16.1 Å². The minimum Gasteiger partial charge on any atom is -0.497 e. The maximum absolute atomic E-state index is 12.2. The average Bonchev–Trinajstić information content (AvgIpc) is 2.95. The van der Waals surface area contributed by atoms with Gasteiger partial charge in [0.1, 0.15) is 16.3 Å². The maximum Gasteiger partial charge on any atom is 0.268 e. The highest BCUT2D eigenvalue weighted by Gasteiger charge is 2.18. The van der Waals surface area contributed by atoms with Gasteiger partial charge in [0, 0.05) is 19.8 Å². The number of methoxy groups -OCH3 is 1. The van der Waals surface area contributed by atoms with E-state index < -0.39 is 10.0 Å². The molecular formula is C15H19N3O4S. The molecule has 1 aromatic heterocycles. The first-order valence-electron chi connectivity index (χ1n) is 6.88. The average molecular weight is 337 g/mol. The summed E-state index contributed by atoms with van der Waals surface area (Å²) >= 11 is 0. The van der Waals surface area contributed by atoms with Crippen LogP contribution >= 0.6 is 0 Å². The number of benzene rings is 1. The van der Waals surface area contributed by atoms with E-state index >= 15 is 0 Å². The van der Waals surface area contributed by atoms with E-state index in [1.165, 1.54) is 23.9 Å². The molecule has 0 bridgehead atoms. The SMILES string of the molecule is CNS(=O)(=O)c1cc(C(=O)NCc2cccc(OC)c2)n(C)c1. The number of rotatable bonds is 6. The van der Waals surface area contributed by atoms with E-state index in [4.69, 9.17) is 4.74 Å². The number of carbonyl (C=O) groups is 1. The monoisotopic (exact) mass is 337 g/mol. The maximum atomic E-state index is 12.2. The lowest BCUT2D eigenvalue weighted by atomic mass is 10.2. The zero-order valence-corrected chi connectivity index (χ0v) is 14.0. The van der Waals surface area contributed by atoms with Crippen molar-refractivity contribution < 1.29 is 17.9 Å². The van der Waals surface area contributed by atoms with Gasteiger partial charge < -0.3 is 14.6 Å². The van der Waals surface area contributed by atoms with Gasteiger partial charge in [0.15, 0.2) is 0 Å². The molecule has 1 aromatic carbocycles. The Balaban J connectivity index is 2.12. The van der Waals surface area contributed by atoms with E-state index in [0.29, 0.717) is 12.3 Å². The summed E-state index contributed by atoms with van der Waals surface area (Å²) in [5, 5.41) is 2.76. The van der Waals surface area contributed by atoms with Crippen molar-refractivity contribution in [3.63, 3.8) is 0 Å². The van der Waals surface area contributed by atoms with Crippen molar-refractivity contribution in [3.8, 4) is 5.75 Å². The number of nitrogens with one attached hydrogen (secondary N) is 2. The van der Waals surface area contributed by atoms with Gasteiger partial charge in [-0.25, -0.2) is 13.1 Å². The number of sulfonamides is 1. The Morgan fingerprint density at radius 3 is 2.70 bits per heavy atom. The van der Waals surface area contributed by atoms with Crippen molar-refractivity contribution in [2.24, 2.45) is 7.05 Å². The fraction of sp³-hybridized carbons (Fsp3) is 0.267. The van der Waals surface area contributed by atoms with Crippen LogP contribution in [-0.4, -0.2) is 33.0 Å². The van der Waals surface area contributed by atoms with Crippen LogP contribution in [0, 0.1) is 0 Å². The zero-order chi connectivity index (χ0) is 17.0. The van der Waals surface area contributed by atoms with Gasteiger partial charge in [0.05, 0.1) is 7.11 Å². The molecule has 2 rings (SSSR count). The first-order valence-corrected chi connectivity index (χ1v) is 8.36. The number of aromatic nitrogens is 1. The van der Waals surface area contributed by atoms with Crippen LogP contribution < -0.4 is 14.8 Å². The summed E-state index contributed by atoms with van der Waals surface area (Å²) in [5.41, 5.74) is 1.15. The molecule has 0 fully saturated rings. The van der Waals surface area contributed by atoms with Gasteiger partial charge in [-0.1, -0.05) is 12.1 Å². The molecule has 2 aromatic rings. The van der Waals surface area contributed by atoms with E-state index in [1.807, 2.05) is 24.3 Å². The van der Waals surface area contributed by atoms with Gasteiger partial charge in [-0.3, -0.25) is 4.79 Å². The summed E-state index contributed by atoms with van der Waals surface area (Å²) < 4.78 is 32.4. The third-order valence-electron chi connectivity index (χ3n) is 3.38. The number of amides is 1. The molecule has 0 spiro atoms. The van der Waals surface area contributed by atoms with Gasteiger partial charge in [0.25, 0.3) is 5.91 Å². The van der Waals surface area contributed by atoms with E-state index in [9.17, 15) is 13.2 Å². The van der Waals surface area contributed by atoms with Crippen LogP contribution in [0.4, 0.5) is 0 Å². The number of hydrogen-bond donors (Lipinski definition) is 2. The predicted octanol–water partition coefficient (Wildman–Crippen LogP) is 0.872. The summed E-state index contributed by atoms with van der Waals surface area (Å²) in [6.07, 6.45) is 1.40. The van der Waals surface area contributed by atoms with Gasteiger partial charge in [-0.15, -0.1) is 0 Å². The largest absolute Gasteiger partial charge is 0.497 e. The Bertz CT molecular complexity index is 812. The quantitative estimate of drug-likeness (QED) is 0.818. The number of carbonyl (C=O) groups excluding carboxylic acids is 1. The van der Waals surface area contributed by atoms with Crippen molar-refractivity contribution in [1.82, 2.24) is 14.6 Å². The summed E-state index contributed by atoms with van der Waals surface area (Å²) in [5.74, 6) is 0.353. The third kappa shape index (κ3) is 3.91. The Morgan fingerprint density at radius 1 is 1.30 bits per heavy atom. The van der Waals surface area contributed by atoms with Crippen LogP contribution in [-0.2, 0) is 23.6 Å². The summed E-state index contributed by atoms with van der Waals surface area (Å²) in [6, 6.07) is 8.68. The Hall–Kier alpha value is -2.32. The van der Waals surface area contributed by atoms with Gasteiger partial charge in [-0.2, -0.15) is 0 Å². The standard InChI is InChI=1S/C15H19N3O4S/c1-16-23(20,21)13-8-14(18(2)10-13)15(19)17-9-11-5-4-6-12(7-11)22-3/h4-8,10,16H,9H2,1-3H3,(H,17,19). The molecule has 8 heteroatoms. The van der Waals surface area contributed by atoms with Crippen LogP contribution in [0.15, 0.2) is 41.4 Å². The lowest BCUT2D eigenvalue weighted by molar-refractivity contribution is 0.0942. The van der Waals surface area contributed by atoms with Gasteiger partial charge in [0.2, 0.25) is 10.0 Å². The molecule has 7 nitrogen and oxygen atoms in total. The molecule has 0 unspecified atom stereocenters. The molecule has 0 aliphatic carbocycles. The summed E-state index contributed by atoms with van der Waals surface area (Å²) in [7, 11) is 0.942. The van der Waals surface area contributed by atoms with E-state index in [0.717, 1.165) is 5.56 Å². The second-order valence-electron chi connectivity index (χ2n) is 4.91. The van der Waals surface area contributed by atoms with Crippen molar-refractivity contribution in [3.05, 3.63) is 47.8 Å². The number of aryl methyl sites for hydroxylation is 1. The fourth-order valence-electron chi connectivity index (χ4n) is 2.08. The first-order chi connectivity index (χ1) is 10.9. The molecule has 23 heavy (non-hydrogen) atoms. The fourth-order valence-corrected chi connectivity index (χ4v) is 2.88. The summed E-state index contributed by atoms with van der Waals surface area (Å²) in [6.45, 7) is 0.315. The first kappa shape index (κ1) is 17.0. The number of hydrogen-bond acceptors (Lipinski definition) is 4. The minimum absolute atomic E-state index is 0.0500. The van der Waals surface area contributed by atoms with Crippen molar-refractivity contribution in [1.29, 1.82) is 0 Å². The van der Waals surface area contributed by atoms with Gasteiger partial charge in [-0.05, 0) is 30.8 Å². The van der Waals surface area contributed by atoms with Gasteiger partial charge >= 0.3 is 0 Å². The van der Waals surface area contributed by atoms with E-state index in [1.54, 1.807) is 14.2 Å². The van der Waals surface area contributed by atoms with Crippen LogP contribution in [0.5, 0.6) is 5.75 Å². The lowest BCUT2D eigenvalue weighted by Crippen LogP contribution is -2.24. The molecule has 124 valence electrons. The number of ether oxygens (including phenoxy) is 1. The molecule has 0 radical (unpaired) electrons. The molecule has 1 heterocycles. The van der Waals surface area contributed by atoms with Crippen molar-refractivity contribution in [2.75, 3.05) is 14.2 Å². The molecular weight excluding hydrogens is 318 g/mol. The highest BCUT2D eigenvalue weighted by atomic mass is 32.2. The highest BCUT2D eigenvalue weighted by molar-refractivity contribution is 7.89. The highest BCUT2D eigenvalue weighted by Crippen LogP contribution is 2.14. The van der Waals surface area contributed by atoms with Crippen LogP contribution in [0.3, 0.4) is 0 Å².